The van der Waals surface area contributed by atoms with E-state index in [4.69, 9.17) is 5.73 Å². The Morgan fingerprint density at radius 1 is 1.50 bits per heavy atom. The van der Waals surface area contributed by atoms with Crippen molar-refractivity contribution in [3.63, 3.8) is 0 Å². The van der Waals surface area contributed by atoms with Crippen LogP contribution in [0.1, 0.15) is 19.8 Å². The summed E-state index contributed by atoms with van der Waals surface area (Å²) in [5.41, 5.74) is 5.48. The van der Waals surface area contributed by atoms with Gasteiger partial charge in [0, 0.05) is 17.1 Å². The molecule has 0 fully saturated rings. The number of hydrogen-bond donors (Lipinski definition) is 2. The molecule has 7 heteroatoms. The van der Waals surface area contributed by atoms with E-state index in [1.165, 1.54) is 12.1 Å². The zero-order valence-electron chi connectivity index (χ0n) is 9.99. The van der Waals surface area contributed by atoms with Crippen LogP contribution in [0.2, 0.25) is 0 Å². The van der Waals surface area contributed by atoms with Crippen LogP contribution in [0.25, 0.3) is 0 Å². The standard InChI is InChI=1S/C11H16BrFN2O2S/c1-2-3-9(7-14)15-18(16,17)11-5-4-8(12)6-10(11)13/h4-6,9,15H,2-3,7,14H2,1H3. The van der Waals surface area contributed by atoms with Gasteiger partial charge in [0.05, 0.1) is 0 Å². The van der Waals surface area contributed by atoms with E-state index in [0.29, 0.717) is 10.9 Å². The van der Waals surface area contributed by atoms with E-state index in [1.54, 1.807) is 0 Å². The lowest BCUT2D eigenvalue weighted by atomic mass is 10.2. The van der Waals surface area contributed by atoms with Crippen LogP contribution in [-0.2, 0) is 10.0 Å². The fourth-order valence-corrected chi connectivity index (χ4v) is 3.23. The van der Waals surface area contributed by atoms with E-state index in [0.717, 1.165) is 12.5 Å². The van der Waals surface area contributed by atoms with Crippen molar-refractivity contribution < 1.29 is 12.8 Å². The number of rotatable bonds is 6. The van der Waals surface area contributed by atoms with E-state index >= 15 is 0 Å². The van der Waals surface area contributed by atoms with Crippen molar-refractivity contribution in [3.8, 4) is 0 Å². The summed E-state index contributed by atoms with van der Waals surface area (Å²) in [6.07, 6.45) is 1.42. The quantitative estimate of drug-likeness (QED) is 0.833. The summed E-state index contributed by atoms with van der Waals surface area (Å²) in [5, 5.41) is 0. The van der Waals surface area contributed by atoms with Crippen molar-refractivity contribution in [3.05, 3.63) is 28.5 Å². The molecular formula is C11H16BrFN2O2S. The maximum absolute atomic E-state index is 13.6. The minimum atomic E-state index is -3.87. The van der Waals surface area contributed by atoms with Crippen LogP contribution in [0.5, 0.6) is 0 Å². The second kappa shape index (κ2) is 6.60. The summed E-state index contributed by atoms with van der Waals surface area (Å²) >= 11 is 3.08. The van der Waals surface area contributed by atoms with Gasteiger partial charge in [-0.2, -0.15) is 0 Å². The third-order valence-electron chi connectivity index (χ3n) is 2.43. The van der Waals surface area contributed by atoms with Crippen molar-refractivity contribution in [2.45, 2.75) is 30.7 Å². The fourth-order valence-electron chi connectivity index (χ4n) is 1.55. The minimum absolute atomic E-state index is 0.186. The molecule has 0 aromatic heterocycles. The summed E-state index contributed by atoms with van der Waals surface area (Å²) in [5.74, 6) is -0.788. The molecule has 102 valence electrons. The van der Waals surface area contributed by atoms with Crippen LogP contribution in [0, 0.1) is 5.82 Å². The van der Waals surface area contributed by atoms with Crippen LogP contribution in [-0.4, -0.2) is 21.0 Å². The molecule has 0 saturated heterocycles. The number of nitrogens with one attached hydrogen (secondary N) is 1. The molecule has 18 heavy (non-hydrogen) atoms. The molecule has 3 N–H and O–H groups in total. The molecule has 1 rings (SSSR count). The highest BCUT2D eigenvalue weighted by Crippen LogP contribution is 2.19. The Bertz CT molecular complexity index is 508. The first-order valence-electron chi connectivity index (χ1n) is 5.58. The van der Waals surface area contributed by atoms with Crippen LogP contribution in [0.3, 0.4) is 0 Å². The zero-order chi connectivity index (χ0) is 13.8. The molecule has 0 aliphatic rings. The molecule has 0 spiro atoms. The van der Waals surface area contributed by atoms with E-state index in [2.05, 4.69) is 20.7 Å². The molecule has 1 aromatic carbocycles. The van der Waals surface area contributed by atoms with Crippen molar-refractivity contribution in [1.29, 1.82) is 0 Å². The first kappa shape index (κ1) is 15.6. The number of halogens is 2. The highest BCUT2D eigenvalue weighted by atomic mass is 79.9. The van der Waals surface area contributed by atoms with E-state index in [-0.39, 0.29) is 17.5 Å². The maximum atomic E-state index is 13.6. The van der Waals surface area contributed by atoms with Crippen LogP contribution >= 0.6 is 15.9 Å². The van der Waals surface area contributed by atoms with Crippen LogP contribution in [0.15, 0.2) is 27.6 Å². The lowest BCUT2D eigenvalue weighted by Gasteiger charge is -2.16. The van der Waals surface area contributed by atoms with Crippen LogP contribution in [0.4, 0.5) is 4.39 Å². The largest absolute Gasteiger partial charge is 0.329 e. The molecule has 1 atom stereocenters. The third-order valence-corrected chi connectivity index (χ3v) is 4.47. The van der Waals surface area contributed by atoms with Crippen molar-refractivity contribution in [1.82, 2.24) is 4.72 Å². The number of nitrogens with two attached hydrogens (primary N) is 1. The van der Waals surface area contributed by atoms with Gasteiger partial charge in [-0.1, -0.05) is 29.3 Å². The Kier molecular flexibility index (Phi) is 5.71. The molecule has 0 heterocycles. The average molecular weight is 339 g/mol. The molecule has 1 aromatic rings. The second-order valence-corrected chi connectivity index (χ2v) is 6.52. The Labute approximate surface area is 115 Å². The first-order valence-corrected chi connectivity index (χ1v) is 7.85. The van der Waals surface area contributed by atoms with Crippen molar-refractivity contribution >= 4 is 26.0 Å². The van der Waals surface area contributed by atoms with Gasteiger partial charge in [-0.25, -0.2) is 17.5 Å². The Balaban J connectivity index is 2.99. The van der Waals surface area contributed by atoms with Gasteiger partial charge in [-0.15, -0.1) is 0 Å². The van der Waals surface area contributed by atoms with E-state index in [1.807, 2.05) is 6.92 Å². The molecule has 4 nitrogen and oxygen atoms in total. The van der Waals surface area contributed by atoms with E-state index in [9.17, 15) is 12.8 Å². The fraction of sp³-hybridized carbons (Fsp3) is 0.455. The summed E-state index contributed by atoms with van der Waals surface area (Å²) in [7, 11) is -3.87. The molecule has 0 saturated carbocycles. The monoisotopic (exact) mass is 338 g/mol. The van der Waals surface area contributed by atoms with Gasteiger partial charge in [0.2, 0.25) is 10.0 Å². The Morgan fingerprint density at radius 2 is 2.17 bits per heavy atom. The highest BCUT2D eigenvalue weighted by Gasteiger charge is 2.22. The normalized spacial score (nSPS) is 13.6. The van der Waals surface area contributed by atoms with Gasteiger partial charge >= 0.3 is 0 Å². The van der Waals surface area contributed by atoms with E-state index < -0.39 is 15.8 Å². The Morgan fingerprint density at radius 3 is 2.67 bits per heavy atom. The van der Waals surface area contributed by atoms with Crippen LogP contribution < -0.4 is 10.5 Å². The molecule has 0 amide bonds. The zero-order valence-corrected chi connectivity index (χ0v) is 12.4. The van der Waals surface area contributed by atoms with Crippen molar-refractivity contribution in [2.75, 3.05) is 6.54 Å². The lowest BCUT2D eigenvalue weighted by Crippen LogP contribution is -2.40. The molecule has 0 aliphatic carbocycles. The molecular weight excluding hydrogens is 323 g/mol. The number of benzene rings is 1. The van der Waals surface area contributed by atoms with Gasteiger partial charge in [0.15, 0.2) is 0 Å². The maximum Gasteiger partial charge on any atom is 0.243 e. The predicted octanol–water partition coefficient (Wildman–Crippen LogP) is 1.99. The molecule has 0 radical (unpaired) electrons. The van der Waals surface area contributed by atoms with Gasteiger partial charge < -0.3 is 5.73 Å². The average Bonchev–Trinajstić information content (AvgIpc) is 2.27. The topological polar surface area (TPSA) is 72.2 Å². The predicted molar refractivity (Wildman–Crippen MR) is 72.2 cm³/mol. The summed E-state index contributed by atoms with van der Waals surface area (Å²) in [6.45, 7) is 2.11. The lowest BCUT2D eigenvalue weighted by molar-refractivity contribution is 0.518. The Hall–Kier alpha value is -0.500. The molecule has 0 bridgehead atoms. The minimum Gasteiger partial charge on any atom is -0.329 e. The van der Waals surface area contributed by atoms with Gasteiger partial charge in [-0.3, -0.25) is 0 Å². The SMILES string of the molecule is CCCC(CN)NS(=O)(=O)c1ccc(Br)cc1F. The molecule has 0 aliphatic heterocycles. The second-order valence-electron chi connectivity index (χ2n) is 3.92. The highest BCUT2D eigenvalue weighted by molar-refractivity contribution is 9.10. The van der Waals surface area contributed by atoms with Gasteiger partial charge in [0.25, 0.3) is 0 Å². The summed E-state index contributed by atoms with van der Waals surface area (Å²) < 4.78 is 40.5. The summed E-state index contributed by atoms with van der Waals surface area (Å²) in [6, 6.07) is 3.45. The van der Waals surface area contributed by atoms with Gasteiger partial charge in [0.1, 0.15) is 10.7 Å². The third kappa shape index (κ3) is 4.01. The summed E-state index contributed by atoms with van der Waals surface area (Å²) in [4.78, 5) is -0.361. The number of hydrogen-bond acceptors (Lipinski definition) is 3. The smallest absolute Gasteiger partial charge is 0.243 e. The first-order chi connectivity index (χ1) is 8.40. The number of sulfonamides is 1. The molecule has 1 unspecified atom stereocenters. The van der Waals surface area contributed by atoms with Gasteiger partial charge in [-0.05, 0) is 24.6 Å². The van der Waals surface area contributed by atoms with Crippen molar-refractivity contribution in [2.24, 2.45) is 5.73 Å².